The number of rotatable bonds is 14. The fourth-order valence-electron chi connectivity index (χ4n) is 3.50. The number of hydrogen-bond acceptors (Lipinski definition) is 10. The number of nitrogens with zero attached hydrogens (tertiary/aromatic N) is 2. The minimum absolute atomic E-state index is 0.0674. The van der Waals surface area contributed by atoms with Crippen LogP contribution in [0.2, 0.25) is 0 Å². The van der Waals surface area contributed by atoms with Crippen LogP contribution >= 0.6 is 0 Å². The standard InChI is InChI=1S/C22H22N2O14S2/c25-19(26)9-23(10-20(27)28)15-5-3-13(7-17(15)39(33,34)35)1-2-14-4-6-16(18(8-14)40(36,37)38)24(11-21(29)30)12-22(31)32/h1-8H,9-12H2,(H,25,26)(H,27,28)(H,29,30)(H,31,32)(H,33,34,35)(H,36,37,38)/b2-1-. The molecule has 0 spiro atoms. The summed E-state index contributed by atoms with van der Waals surface area (Å²) in [5.41, 5.74) is -0.700. The van der Waals surface area contributed by atoms with Gasteiger partial charge >= 0.3 is 23.9 Å². The minimum Gasteiger partial charge on any atom is -0.480 e. The predicted octanol–water partition coefficient (Wildman–Crippen LogP) is 0.302. The Hall–Kier alpha value is -4.52. The highest BCUT2D eigenvalue weighted by atomic mass is 32.2. The zero-order valence-electron chi connectivity index (χ0n) is 20.1. The molecule has 18 heteroatoms. The molecular weight excluding hydrogens is 580 g/mol. The van der Waals surface area contributed by atoms with E-state index in [9.17, 15) is 45.1 Å². The van der Waals surface area contributed by atoms with Gasteiger partial charge in [0.05, 0.1) is 11.4 Å². The van der Waals surface area contributed by atoms with Gasteiger partial charge in [0.25, 0.3) is 20.2 Å². The quantitative estimate of drug-likeness (QED) is 0.125. The number of aliphatic carboxylic acids is 4. The summed E-state index contributed by atoms with van der Waals surface area (Å²) in [6.07, 6.45) is 2.46. The number of carboxylic acids is 4. The van der Waals surface area contributed by atoms with Gasteiger partial charge in [0.15, 0.2) is 0 Å². The lowest BCUT2D eigenvalue weighted by atomic mass is 10.1. The van der Waals surface area contributed by atoms with Crippen molar-refractivity contribution in [3.8, 4) is 0 Å². The van der Waals surface area contributed by atoms with Crippen molar-refractivity contribution in [3.05, 3.63) is 47.5 Å². The maximum absolute atomic E-state index is 12.0. The van der Waals surface area contributed by atoms with E-state index < -0.39 is 91.5 Å². The van der Waals surface area contributed by atoms with Crippen LogP contribution in [0.15, 0.2) is 46.2 Å². The molecule has 0 saturated heterocycles. The van der Waals surface area contributed by atoms with Crippen molar-refractivity contribution in [1.29, 1.82) is 0 Å². The second-order valence-corrected chi connectivity index (χ2v) is 10.8. The highest BCUT2D eigenvalue weighted by Gasteiger charge is 2.25. The fraction of sp³-hybridized carbons (Fsp3) is 0.182. The normalized spacial score (nSPS) is 11.8. The van der Waals surface area contributed by atoms with Crippen LogP contribution in [0.25, 0.3) is 12.2 Å². The van der Waals surface area contributed by atoms with Crippen LogP contribution in [0.4, 0.5) is 11.4 Å². The Labute approximate surface area is 226 Å². The molecule has 0 unspecified atom stereocenters. The summed E-state index contributed by atoms with van der Waals surface area (Å²) in [6, 6.07) is 6.40. The third-order valence-corrected chi connectivity index (χ3v) is 6.74. The van der Waals surface area contributed by atoms with Gasteiger partial charge in [-0.25, -0.2) is 0 Å². The van der Waals surface area contributed by atoms with Gasteiger partial charge in [0, 0.05) is 0 Å². The van der Waals surface area contributed by atoms with Gasteiger partial charge in [-0.3, -0.25) is 28.3 Å². The molecule has 0 heterocycles. The number of benzene rings is 2. The molecule has 0 saturated carbocycles. The molecule has 0 fully saturated rings. The smallest absolute Gasteiger partial charge is 0.323 e. The van der Waals surface area contributed by atoms with Gasteiger partial charge in [-0.15, -0.1) is 0 Å². The van der Waals surface area contributed by atoms with Crippen LogP contribution < -0.4 is 9.80 Å². The molecule has 16 nitrogen and oxygen atoms in total. The molecule has 40 heavy (non-hydrogen) atoms. The van der Waals surface area contributed by atoms with Crippen LogP contribution in [-0.4, -0.2) is 96.4 Å². The maximum Gasteiger partial charge on any atom is 0.323 e. The van der Waals surface area contributed by atoms with E-state index in [0.717, 1.165) is 24.3 Å². The summed E-state index contributed by atoms with van der Waals surface area (Å²) < 4.78 is 67.3. The molecular formula is C22H22N2O14S2. The Kier molecular flexibility index (Phi) is 9.95. The zero-order valence-corrected chi connectivity index (χ0v) is 21.7. The van der Waals surface area contributed by atoms with Gasteiger partial charge in [-0.1, -0.05) is 24.3 Å². The topological polar surface area (TPSA) is 264 Å². The van der Waals surface area contributed by atoms with E-state index in [1.54, 1.807) is 0 Å². The lowest BCUT2D eigenvalue weighted by Crippen LogP contribution is -2.35. The van der Waals surface area contributed by atoms with Crippen LogP contribution in [0.1, 0.15) is 11.1 Å². The van der Waals surface area contributed by atoms with Crippen molar-refractivity contribution in [2.75, 3.05) is 36.0 Å². The van der Waals surface area contributed by atoms with Crippen molar-refractivity contribution in [2.45, 2.75) is 9.79 Å². The molecule has 2 aromatic carbocycles. The Morgan fingerprint density at radius 1 is 0.575 bits per heavy atom. The molecule has 0 atom stereocenters. The van der Waals surface area contributed by atoms with Crippen LogP contribution in [0.3, 0.4) is 0 Å². The Morgan fingerprint density at radius 3 is 1.07 bits per heavy atom. The number of carbonyl (C=O) groups is 4. The average Bonchev–Trinajstić information content (AvgIpc) is 2.79. The van der Waals surface area contributed by atoms with Crippen LogP contribution in [-0.2, 0) is 39.4 Å². The van der Waals surface area contributed by atoms with Gasteiger partial charge in [-0.2, -0.15) is 16.8 Å². The summed E-state index contributed by atoms with van der Waals surface area (Å²) in [5.74, 6) is -5.91. The summed E-state index contributed by atoms with van der Waals surface area (Å²) in [7, 11) is -9.98. The van der Waals surface area contributed by atoms with Crippen LogP contribution in [0, 0.1) is 0 Å². The zero-order chi connectivity index (χ0) is 30.4. The summed E-state index contributed by atoms with van der Waals surface area (Å²) in [6.45, 7) is -3.63. The highest BCUT2D eigenvalue weighted by molar-refractivity contribution is 7.86. The summed E-state index contributed by atoms with van der Waals surface area (Å²) in [4.78, 5) is 44.3. The first-order valence-corrected chi connectivity index (χ1v) is 13.5. The van der Waals surface area contributed by atoms with Crippen molar-refractivity contribution >= 4 is 67.6 Å². The first-order valence-electron chi connectivity index (χ1n) is 10.7. The van der Waals surface area contributed by atoms with E-state index in [1.807, 2.05) is 0 Å². The minimum atomic E-state index is -4.99. The molecule has 0 amide bonds. The fourth-order valence-corrected chi connectivity index (χ4v) is 5.00. The number of anilines is 2. The number of hydrogen-bond donors (Lipinski definition) is 6. The van der Waals surface area contributed by atoms with E-state index in [1.165, 1.54) is 24.3 Å². The Balaban J connectivity index is 2.58. The first-order chi connectivity index (χ1) is 18.4. The highest BCUT2D eigenvalue weighted by Crippen LogP contribution is 2.29. The van der Waals surface area contributed by atoms with E-state index in [0.29, 0.717) is 9.80 Å². The lowest BCUT2D eigenvalue weighted by molar-refractivity contribution is -0.138. The summed E-state index contributed by atoms with van der Waals surface area (Å²) in [5, 5.41) is 36.2. The van der Waals surface area contributed by atoms with Gasteiger partial charge in [0.1, 0.15) is 36.0 Å². The largest absolute Gasteiger partial charge is 0.480 e. The summed E-state index contributed by atoms with van der Waals surface area (Å²) >= 11 is 0. The number of carboxylic acid groups (broad SMARTS) is 4. The van der Waals surface area contributed by atoms with E-state index in [2.05, 4.69) is 0 Å². The third-order valence-electron chi connectivity index (χ3n) is 4.98. The van der Waals surface area contributed by atoms with Gasteiger partial charge in [0.2, 0.25) is 0 Å². The SMILES string of the molecule is O=C(O)CN(CC(=O)O)c1ccc(/C=C\c2ccc(N(CC(=O)O)CC(=O)O)c(S(=O)(=O)O)c2)cc1S(=O)(=O)O. The molecule has 2 aromatic rings. The Morgan fingerprint density at radius 2 is 0.850 bits per heavy atom. The van der Waals surface area contributed by atoms with Crippen molar-refractivity contribution < 1.29 is 65.5 Å². The molecule has 0 aliphatic carbocycles. The van der Waals surface area contributed by atoms with Crippen molar-refractivity contribution in [3.63, 3.8) is 0 Å². The molecule has 0 aromatic heterocycles. The van der Waals surface area contributed by atoms with E-state index >= 15 is 0 Å². The first kappa shape index (κ1) is 31.7. The molecule has 0 aliphatic rings. The van der Waals surface area contributed by atoms with Gasteiger partial charge < -0.3 is 30.2 Å². The monoisotopic (exact) mass is 602 g/mol. The molecule has 0 radical (unpaired) electrons. The van der Waals surface area contributed by atoms with E-state index in [4.69, 9.17) is 20.4 Å². The predicted molar refractivity (Wildman–Crippen MR) is 136 cm³/mol. The lowest BCUT2D eigenvalue weighted by Gasteiger charge is -2.23. The van der Waals surface area contributed by atoms with E-state index in [-0.39, 0.29) is 11.1 Å². The van der Waals surface area contributed by atoms with Crippen LogP contribution in [0.5, 0.6) is 0 Å². The third kappa shape index (κ3) is 9.05. The average molecular weight is 603 g/mol. The second kappa shape index (κ2) is 12.6. The molecule has 0 aliphatic heterocycles. The molecule has 0 bridgehead atoms. The maximum atomic E-state index is 12.0. The van der Waals surface area contributed by atoms with Gasteiger partial charge in [-0.05, 0) is 35.4 Å². The molecule has 6 N–H and O–H groups in total. The van der Waals surface area contributed by atoms with Crippen molar-refractivity contribution in [2.24, 2.45) is 0 Å². The van der Waals surface area contributed by atoms with Crippen molar-refractivity contribution in [1.82, 2.24) is 0 Å². The molecule has 216 valence electrons. The second-order valence-electron chi connectivity index (χ2n) is 8.02. The Bertz CT molecular complexity index is 1430. The molecule has 2 rings (SSSR count).